The summed E-state index contributed by atoms with van der Waals surface area (Å²) >= 11 is 0. The predicted molar refractivity (Wildman–Crippen MR) is 162 cm³/mol. The van der Waals surface area contributed by atoms with Gasteiger partial charge in [-0.2, -0.15) is 0 Å². The van der Waals surface area contributed by atoms with Crippen LogP contribution >= 0.6 is 0 Å². The number of nitrogens with zero attached hydrogens (tertiary/aromatic N) is 3. The molecule has 206 valence electrons. The molecule has 2 radical (unpaired) electrons. The number of urea groups is 1. The number of para-hydroxylation sites is 1. The fourth-order valence-electron chi connectivity index (χ4n) is 4.68. The summed E-state index contributed by atoms with van der Waals surface area (Å²) in [5.41, 5.74) is 3.95. The van der Waals surface area contributed by atoms with Crippen molar-refractivity contribution < 1.29 is 14.3 Å². The molecule has 3 amide bonds. The van der Waals surface area contributed by atoms with Gasteiger partial charge in [0.25, 0.3) is 5.91 Å². The number of likely N-dealkylation sites (N-methyl/N-ethyl adjacent to an activating group) is 1. The standard InChI is InChI=1S/C32H37BN4O3/c1-3-4-18-29(36-19-21-37(22-20-36)32(39)34-27-15-11-14-26(33)23-27)30(40-24-25-12-7-5-8-13-25)31(38)35(2)28-16-9-6-10-17-28/h5-17,23H,3-4,18-22,24H2,1-2H3,(H,34,39)/b30-29-. The van der Waals surface area contributed by atoms with Gasteiger partial charge in [0.1, 0.15) is 14.5 Å². The Morgan fingerprint density at radius 1 is 0.900 bits per heavy atom. The van der Waals surface area contributed by atoms with Crippen molar-refractivity contribution in [3.63, 3.8) is 0 Å². The van der Waals surface area contributed by atoms with Crippen molar-refractivity contribution in [2.75, 3.05) is 43.4 Å². The first kappa shape index (κ1) is 28.8. The molecule has 0 aliphatic carbocycles. The number of allylic oxidation sites excluding steroid dienone is 1. The van der Waals surface area contributed by atoms with Gasteiger partial charge in [-0.1, -0.05) is 79.5 Å². The van der Waals surface area contributed by atoms with Crippen LogP contribution in [0.25, 0.3) is 0 Å². The molecular weight excluding hydrogens is 499 g/mol. The molecule has 3 aromatic carbocycles. The number of hydrogen-bond acceptors (Lipinski definition) is 4. The van der Waals surface area contributed by atoms with E-state index in [0.717, 1.165) is 29.8 Å². The first-order chi connectivity index (χ1) is 19.5. The summed E-state index contributed by atoms with van der Waals surface area (Å²) in [6.45, 7) is 4.69. The van der Waals surface area contributed by atoms with Crippen LogP contribution < -0.4 is 15.7 Å². The highest BCUT2D eigenvalue weighted by atomic mass is 16.5. The second kappa shape index (κ2) is 14.3. The van der Waals surface area contributed by atoms with E-state index >= 15 is 0 Å². The minimum absolute atomic E-state index is 0.162. The van der Waals surface area contributed by atoms with Gasteiger partial charge in [-0.25, -0.2) is 4.79 Å². The van der Waals surface area contributed by atoms with Gasteiger partial charge in [0, 0.05) is 44.6 Å². The quantitative estimate of drug-likeness (QED) is 0.227. The minimum Gasteiger partial charge on any atom is -0.482 e. The Bertz CT molecular complexity index is 1290. The second-order valence-electron chi connectivity index (χ2n) is 9.88. The maximum absolute atomic E-state index is 13.9. The third kappa shape index (κ3) is 7.68. The van der Waals surface area contributed by atoms with Crippen LogP contribution in [0.2, 0.25) is 0 Å². The largest absolute Gasteiger partial charge is 0.482 e. The molecule has 0 spiro atoms. The average Bonchev–Trinajstić information content (AvgIpc) is 2.99. The molecule has 0 aromatic heterocycles. The van der Waals surface area contributed by atoms with Crippen LogP contribution in [0.15, 0.2) is 96.4 Å². The van der Waals surface area contributed by atoms with Gasteiger partial charge in [-0.15, -0.1) is 0 Å². The Morgan fingerprint density at radius 3 is 2.20 bits per heavy atom. The van der Waals surface area contributed by atoms with Crippen molar-refractivity contribution in [3.8, 4) is 0 Å². The Hall–Kier alpha value is -4.20. The van der Waals surface area contributed by atoms with E-state index in [1.807, 2.05) is 72.8 Å². The number of unbranched alkanes of at least 4 members (excludes halogenated alkanes) is 1. The molecule has 3 aromatic rings. The molecule has 0 saturated carbocycles. The Kier molecular flexibility index (Phi) is 10.3. The fraction of sp³-hybridized carbons (Fsp3) is 0.312. The maximum Gasteiger partial charge on any atom is 0.321 e. The van der Waals surface area contributed by atoms with Gasteiger partial charge in [0.05, 0.1) is 5.70 Å². The zero-order valence-corrected chi connectivity index (χ0v) is 23.4. The third-order valence-electron chi connectivity index (χ3n) is 6.98. The average molecular weight is 536 g/mol. The number of ether oxygens (including phenoxy) is 1. The van der Waals surface area contributed by atoms with E-state index in [2.05, 4.69) is 17.1 Å². The van der Waals surface area contributed by atoms with E-state index in [-0.39, 0.29) is 11.9 Å². The highest BCUT2D eigenvalue weighted by molar-refractivity contribution is 6.32. The SMILES string of the molecule is [B]c1cccc(NC(=O)N2CCN(/C(CCCC)=C(\OCc3ccccc3)C(=O)N(C)c3ccccc3)CC2)c1. The molecular formula is C32H37BN4O3. The summed E-state index contributed by atoms with van der Waals surface area (Å²) in [7, 11) is 7.63. The summed E-state index contributed by atoms with van der Waals surface area (Å²) in [5, 5.41) is 2.93. The highest BCUT2D eigenvalue weighted by Gasteiger charge is 2.29. The zero-order chi connectivity index (χ0) is 28.3. The van der Waals surface area contributed by atoms with Crippen molar-refractivity contribution in [1.82, 2.24) is 9.80 Å². The summed E-state index contributed by atoms with van der Waals surface area (Å²) in [4.78, 5) is 32.5. The smallest absolute Gasteiger partial charge is 0.321 e. The topological polar surface area (TPSA) is 65.1 Å². The molecule has 0 unspecified atom stereocenters. The van der Waals surface area contributed by atoms with E-state index in [4.69, 9.17) is 12.6 Å². The Balaban J connectivity index is 1.56. The van der Waals surface area contributed by atoms with Gasteiger partial charge in [-0.3, -0.25) is 4.79 Å². The molecule has 1 aliphatic rings. The Morgan fingerprint density at radius 2 is 1.55 bits per heavy atom. The molecule has 7 nitrogen and oxygen atoms in total. The monoisotopic (exact) mass is 536 g/mol. The number of amides is 3. The maximum atomic E-state index is 13.9. The lowest BCUT2D eigenvalue weighted by Gasteiger charge is -2.38. The van der Waals surface area contributed by atoms with Gasteiger partial charge in [0.2, 0.25) is 5.76 Å². The molecule has 1 aliphatic heterocycles. The van der Waals surface area contributed by atoms with Crippen LogP contribution in [0.3, 0.4) is 0 Å². The summed E-state index contributed by atoms with van der Waals surface area (Å²) in [5.74, 6) is 0.177. The van der Waals surface area contributed by atoms with Gasteiger partial charge < -0.3 is 24.8 Å². The molecule has 0 atom stereocenters. The molecule has 0 bridgehead atoms. The molecule has 40 heavy (non-hydrogen) atoms. The lowest BCUT2D eigenvalue weighted by molar-refractivity contribution is -0.118. The van der Waals surface area contributed by atoms with Crippen molar-refractivity contribution >= 4 is 36.6 Å². The number of anilines is 2. The van der Waals surface area contributed by atoms with Crippen LogP contribution in [-0.2, 0) is 16.1 Å². The summed E-state index contributed by atoms with van der Waals surface area (Å²) < 4.78 is 6.35. The third-order valence-corrected chi connectivity index (χ3v) is 6.98. The van der Waals surface area contributed by atoms with Crippen LogP contribution in [0.5, 0.6) is 0 Å². The number of nitrogens with one attached hydrogen (secondary N) is 1. The van der Waals surface area contributed by atoms with E-state index in [9.17, 15) is 9.59 Å². The van der Waals surface area contributed by atoms with Crippen LogP contribution in [0.4, 0.5) is 16.2 Å². The molecule has 1 N–H and O–H groups in total. The number of benzene rings is 3. The summed E-state index contributed by atoms with van der Waals surface area (Å²) in [6.07, 6.45) is 2.62. The van der Waals surface area contributed by atoms with Gasteiger partial charge >= 0.3 is 6.03 Å². The number of carbonyl (C=O) groups is 2. The van der Waals surface area contributed by atoms with E-state index in [1.54, 1.807) is 29.0 Å². The van der Waals surface area contributed by atoms with Crippen LogP contribution in [0.1, 0.15) is 31.7 Å². The molecule has 4 rings (SSSR count). The number of hydrogen-bond donors (Lipinski definition) is 1. The first-order valence-corrected chi connectivity index (χ1v) is 13.9. The van der Waals surface area contributed by atoms with Crippen LogP contribution in [-0.4, -0.2) is 62.8 Å². The molecule has 1 fully saturated rings. The molecule has 1 saturated heterocycles. The van der Waals surface area contributed by atoms with E-state index in [0.29, 0.717) is 56.1 Å². The number of rotatable bonds is 10. The zero-order valence-electron chi connectivity index (χ0n) is 23.4. The second-order valence-corrected chi connectivity index (χ2v) is 9.88. The molecule has 8 heteroatoms. The Labute approximate surface area is 238 Å². The summed E-state index contributed by atoms with van der Waals surface area (Å²) in [6, 6.07) is 26.5. The van der Waals surface area contributed by atoms with Crippen molar-refractivity contribution in [3.05, 3.63) is 102 Å². The first-order valence-electron chi connectivity index (χ1n) is 13.9. The van der Waals surface area contributed by atoms with Gasteiger partial charge in [-0.05, 0) is 42.7 Å². The number of piperazine rings is 1. The van der Waals surface area contributed by atoms with Crippen LogP contribution in [0, 0.1) is 0 Å². The highest BCUT2D eigenvalue weighted by Crippen LogP contribution is 2.25. The van der Waals surface area contributed by atoms with E-state index in [1.165, 1.54) is 0 Å². The van der Waals surface area contributed by atoms with Gasteiger partial charge in [0.15, 0.2) is 0 Å². The van der Waals surface area contributed by atoms with E-state index < -0.39 is 0 Å². The normalized spacial score (nSPS) is 13.8. The lowest BCUT2D eigenvalue weighted by atomic mass is 9.96. The van der Waals surface area contributed by atoms with Crippen molar-refractivity contribution in [2.45, 2.75) is 32.8 Å². The van der Waals surface area contributed by atoms with Crippen molar-refractivity contribution in [1.29, 1.82) is 0 Å². The van der Waals surface area contributed by atoms with Crippen molar-refractivity contribution in [2.24, 2.45) is 0 Å². The lowest BCUT2D eigenvalue weighted by Crippen LogP contribution is -2.50. The molecule has 1 heterocycles. The number of carbonyl (C=O) groups excluding carboxylic acids is 2. The predicted octanol–water partition coefficient (Wildman–Crippen LogP) is 4.91. The minimum atomic E-state index is -0.185. The fourth-order valence-corrected chi connectivity index (χ4v) is 4.68.